The Labute approximate surface area is 157 Å². The predicted molar refractivity (Wildman–Crippen MR) is 99.2 cm³/mol. The highest BCUT2D eigenvalue weighted by Gasteiger charge is 2.28. The van der Waals surface area contributed by atoms with Crippen LogP contribution in [0, 0.1) is 13.8 Å². The van der Waals surface area contributed by atoms with Crippen molar-refractivity contribution in [2.45, 2.75) is 24.5 Å². The Kier molecular flexibility index (Phi) is 5.76. The van der Waals surface area contributed by atoms with Gasteiger partial charge in [-0.2, -0.15) is 4.31 Å². The Hall–Kier alpha value is -1.74. The molecule has 0 unspecified atom stereocenters. The minimum atomic E-state index is -3.53. The van der Waals surface area contributed by atoms with Crippen molar-refractivity contribution in [2.24, 2.45) is 0 Å². The van der Waals surface area contributed by atoms with E-state index >= 15 is 0 Å². The summed E-state index contributed by atoms with van der Waals surface area (Å²) in [5, 5.41) is 0. The minimum Gasteiger partial charge on any atom is -0.426 e. The molecule has 1 aliphatic heterocycles. The van der Waals surface area contributed by atoms with Gasteiger partial charge in [0.1, 0.15) is 9.96 Å². The number of esters is 1. The molecule has 26 heavy (non-hydrogen) atoms. The zero-order chi connectivity index (χ0) is 18.7. The van der Waals surface area contributed by atoms with Gasteiger partial charge in [0, 0.05) is 18.0 Å². The number of thiophene rings is 1. The minimum absolute atomic E-state index is 0.0388. The number of benzene rings is 1. The number of aryl methyl sites for hydroxylation is 2. The molecule has 8 heteroatoms. The van der Waals surface area contributed by atoms with Crippen LogP contribution in [0.25, 0.3) is 0 Å². The van der Waals surface area contributed by atoms with E-state index in [4.69, 9.17) is 9.47 Å². The second kappa shape index (κ2) is 7.87. The Morgan fingerprint density at radius 1 is 1.15 bits per heavy atom. The number of nitrogens with zero attached hydrogens (tertiary/aromatic N) is 1. The smallest absolute Gasteiger partial charge is 0.316 e. The molecule has 2 heterocycles. The number of rotatable bonds is 5. The van der Waals surface area contributed by atoms with E-state index < -0.39 is 16.0 Å². The van der Waals surface area contributed by atoms with Gasteiger partial charge in [-0.05, 0) is 37.1 Å². The van der Waals surface area contributed by atoms with Gasteiger partial charge in [-0.15, -0.1) is 11.3 Å². The third-order valence-corrected chi connectivity index (χ3v) is 7.60. The molecule has 1 fully saturated rings. The van der Waals surface area contributed by atoms with Crippen molar-refractivity contribution >= 4 is 27.3 Å². The average Bonchev–Trinajstić information content (AvgIpc) is 3.08. The van der Waals surface area contributed by atoms with Gasteiger partial charge in [0.05, 0.1) is 19.6 Å². The number of carbonyl (C=O) groups excluding carboxylic acids is 1. The van der Waals surface area contributed by atoms with E-state index in [9.17, 15) is 13.2 Å². The van der Waals surface area contributed by atoms with E-state index in [1.54, 1.807) is 12.1 Å². The summed E-state index contributed by atoms with van der Waals surface area (Å²) in [5.74, 6) is 0.162. The molecule has 0 atom stereocenters. The van der Waals surface area contributed by atoms with Crippen molar-refractivity contribution in [3.8, 4) is 5.75 Å². The van der Waals surface area contributed by atoms with Crippen LogP contribution in [0.15, 0.2) is 34.5 Å². The van der Waals surface area contributed by atoms with Gasteiger partial charge in [-0.3, -0.25) is 4.79 Å². The molecule has 2 aromatic rings. The van der Waals surface area contributed by atoms with E-state index in [2.05, 4.69) is 0 Å². The fraction of sp³-hybridized carbons (Fsp3) is 0.389. The molecular formula is C18H21NO5S2. The standard InChI is InChI=1S/C18H21NO5S2/c1-13-4-3-5-14(2)18(13)24-16(20)12-15-6-7-17(25-15)26(21,22)19-8-10-23-11-9-19/h3-7H,8-12H2,1-2H3. The number of para-hydroxylation sites is 1. The topological polar surface area (TPSA) is 72.9 Å². The second-order valence-corrected chi connectivity index (χ2v) is 9.44. The maximum absolute atomic E-state index is 12.6. The van der Waals surface area contributed by atoms with E-state index in [0.717, 1.165) is 22.5 Å². The van der Waals surface area contributed by atoms with Crippen molar-refractivity contribution in [3.63, 3.8) is 0 Å². The van der Waals surface area contributed by atoms with E-state index in [-0.39, 0.29) is 10.6 Å². The number of morpholine rings is 1. The molecule has 6 nitrogen and oxygen atoms in total. The Balaban J connectivity index is 1.69. The van der Waals surface area contributed by atoms with Gasteiger partial charge >= 0.3 is 5.97 Å². The highest BCUT2D eigenvalue weighted by Crippen LogP contribution is 2.27. The van der Waals surface area contributed by atoms with Crippen LogP contribution in [0.4, 0.5) is 0 Å². The number of hydrogen-bond donors (Lipinski definition) is 0. The van der Waals surface area contributed by atoms with Gasteiger partial charge in [0.2, 0.25) is 0 Å². The Morgan fingerprint density at radius 3 is 2.46 bits per heavy atom. The van der Waals surface area contributed by atoms with Gasteiger partial charge < -0.3 is 9.47 Å². The molecule has 0 aliphatic carbocycles. The summed E-state index contributed by atoms with van der Waals surface area (Å²) in [7, 11) is -3.53. The zero-order valence-electron chi connectivity index (χ0n) is 14.7. The van der Waals surface area contributed by atoms with Crippen LogP contribution in [0.2, 0.25) is 0 Å². The van der Waals surface area contributed by atoms with Gasteiger partial charge in [-0.1, -0.05) is 18.2 Å². The summed E-state index contributed by atoms with van der Waals surface area (Å²) >= 11 is 1.11. The monoisotopic (exact) mass is 395 g/mol. The summed E-state index contributed by atoms with van der Waals surface area (Å²) in [6.07, 6.45) is 0.0388. The first-order chi connectivity index (χ1) is 12.4. The van der Waals surface area contributed by atoms with Crippen LogP contribution in [-0.4, -0.2) is 45.0 Å². The summed E-state index contributed by atoms with van der Waals surface area (Å²) in [5.41, 5.74) is 1.78. The van der Waals surface area contributed by atoms with Gasteiger partial charge in [-0.25, -0.2) is 8.42 Å². The van der Waals surface area contributed by atoms with E-state index in [1.165, 1.54) is 4.31 Å². The molecule has 0 spiro atoms. The van der Waals surface area contributed by atoms with E-state index in [1.807, 2.05) is 32.0 Å². The highest BCUT2D eigenvalue weighted by atomic mass is 32.2. The summed E-state index contributed by atoms with van der Waals surface area (Å²) in [6, 6.07) is 8.90. The van der Waals surface area contributed by atoms with Crippen LogP contribution in [-0.2, 0) is 26.0 Å². The first kappa shape index (κ1) is 19.0. The number of hydrogen-bond acceptors (Lipinski definition) is 6. The molecule has 0 saturated carbocycles. The summed E-state index contributed by atoms with van der Waals surface area (Å²) < 4.78 is 37.6. The maximum Gasteiger partial charge on any atom is 0.316 e. The molecular weight excluding hydrogens is 374 g/mol. The largest absolute Gasteiger partial charge is 0.426 e. The number of carbonyl (C=O) groups is 1. The molecule has 0 bridgehead atoms. The first-order valence-electron chi connectivity index (χ1n) is 8.31. The normalized spacial score (nSPS) is 15.8. The van der Waals surface area contributed by atoms with Crippen molar-refractivity contribution in [1.29, 1.82) is 0 Å². The van der Waals surface area contributed by atoms with Crippen LogP contribution < -0.4 is 4.74 Å². The second-order valence-electron chi connectivity index (χ2n) is 6.11. The van der Waals surface area contributed by atoms with Crippen LogP contribution in [0.3, 0.4) is 0 Å². The van der Waals surface area contributed by atoms with Crippen LogP contribution in [0.1, 0.15) is 16.0 Å². The van der Waals surface area contributed by atoms with Crippen molar-refractivity contribution in [1.82, 2.24) is 4.31 Å². The van der Waals surface area contributed by atoms with Crippen molar-refractivity contribution in [2.75, 3.05) is 26.3 Å². The fourth-order valence-corrected chi connectivity index (χ4v) is 5.66. The average molecular weight is 396 g/mol. The molecule has 140 valence electrons. The third kappa shape index (κ3) is 4.15. The summed E-state index contributed by atoms with van der Waals surface area (Å²) in [6.45, 7) is 5.27. The number of sulfonamides is 1. The molecule has 1 aliphatic rings. The Morgan fingerprint density at radius 2 is 1.81 bits per heavy atom. The molecule has 3 rings (SSSR count). The van der Waals surface area contributed by atoms with Gasteiger partial charge in [0.25, 0.3) is 10.0 Å². The lowest BCUT2D eigenvalue weighted by Crippen LogP contribution is -2.40. The van der Waals surface area contributed by atoms with Crippen molar-refractivity contribution in [3.05, 3.63) is 46.3 Å². The molecule has 0 N–H and O–H groups in total. The fourth-order valence-electron chi connectivity index (χ4n) is 2.76. The first-order valence-corrected chi connectivity index (χ1v) is 10.6. The number of ether oxygens (including phenoxy) is 2. The zero-order valence-corrected chi connectivity index (χ0v) is 16.4. The Bertz CT molecular complexity index is 878. The SMILES string of the molecule is Cc1cccc(C)c1OC(=O)Cc1ccc(S(=O)(=O)N2CCOCC2)s1. The summed E-state index contributed by atoms with van der Waals surface area (Å²) in [4.78, 5) is 12.9. The quantitative estimate of drug-likeness (QED) is 0.575. The lowest BCUT2D eigenvalue weighted by atomic mass is 10.1. The van der Waals surface area contributed by atoms with Crippen molar-refractivity contribution < 1.29 is 22.7 Å². The van der Waals surface area contributed by atoms with Crippen LogP contribution >= 0.6 is 11.3 Å². The van der Waals surface area contributed by atoms with Gasteiger partial charge in [0.15, 0.2) is 0 Å². The molecule has 0 amide bonds. The highest BCUT2D eigenvalue weighted by molar-refractivity contribution is 7.91. The maximum atomic E-state index is 12.6. The third-order valence-electron chi connectivity index (χ3n) is 4.14. The predicted octanol–water partition coefficient (Wildman–Crippen LogP) is 2.53. The molecule has 1 saturated heterocycles. The van der Waals surface area contributed by atoms with Crippen LogP contribution in [0.5, 0.6) is 5.75 Å². The lowest BCUT2D eigenvalue weighted by molar-refractivity contribution is -0.133. The molecule has 0 radical (unpaired) electrons. The van der Waals surface area contributed by atoms with E-state index in [0.29, 0.717) is 36.9 Å². The lowest BCUT2D eigenvalue weighted by Gasteiger charge is -2.25. The molecule has 1 aromatic heterocycles. The molecule has 1 aromatic carbocycles.